The van der Waals surface area contributed by atoms with E-state index in [0.717, 1.165) is 35.7 Å². The number of nitrogens with zero attached hydrogens (tertiary/aromatic N) is 3. The first-order valence-corrected chi connectivity index (χ1v) is 6.24. The first-order chi connectivity index (χ1) is 8.61. The van der Waals surface area contributed by atoms with Crippen molar-refractivity contribution >= 4 is 17.4 Å². The maximum atomic E-state index is 6.13. The molecule has 0 unspecified atom stereocenters. The van der Waals surface area contributed by atoms with Crippen LogP contribution in [0.2, 0.25) is 5.15 Å². The Balaban J connectivity index is 2.29. The number of aromatic nitrogens is 2. The number of hydrogen-bond donors (Lipinski definition) is 0. The molecule has 0 amide bonds. The van der Waals surface area contributed by atoms with Gasteiger partial charge in [0.1, 0.15) is 16.8 Å². The third-order valence-electron chi connectivity index (χ3n) is 2.78. The highest BCUT2D eigenvalue weighted by atomic mass is 35.5. The summed E-state index contributed by atoms with van der Waals surface area (Å²) in [6.07, 6.45) is 4.17. The summed E-state index contributed by atoms with van der Waals surface area (Å²) < 4.78 is 5.06. The van der Waals surface area contributed by atoms with Crippen molar-refractivity contribution in [2.75, 3.05) is 11.9 Å². The zero-order chi connectivity index (χ0) is 13.1. The van der Waals surface area contributed by atoms with Gasteiger partial charge in [0, 0.05) is 31.1 Å². The normalized spacial score (nSPS) is 10.7. The van der Waals surface area contributed by atoms with E-state index in [9.17, 15) is 0 Å². The second-order valence-electron chi connectivity index (χ2n) is 4.22. The molecule has 2 rings (SSSR count). The van der Waals surface area contributed by atoms with E-state index in [0.29, 0.717) is 5.15 Å². The van der Waals surface area contributed by atoms with Crippen LogP contribution in [0.25, 0.3) is 0 Å². The Morgan fingerprint density at radius 1 is 1.39 bits per heavy atom. The quantitative estimate of drug-likeness (QED) is 0.796. The van der Waals surface area contributed by atoms with Crippen molar-refractivity contribution in [3.05, 3.63) is 40.7 Å². The van der Waals surface area contributed by atoms with Crippen molar-refractivity contribution in [1.82, 2.24) is 9.97 Å². The van der Waals surface area contributed by atoms with Gasteiger partial charge in [0.15, 0.2) is 0 Å². The summed E-state index contributed by atoms with van der Waals surface area (Å²) in [5.41, 5.74) is 2.00. The summed E-state index contributed by atoms with van der Waals surface area (Å²) in [5, 5.41) is 0.524. The minimum absolute atomic E-state index is 0.524. The van der Waals surface area contributed by atoms with Gasteiger partial charge in [-0.1, -0.05) is 18.5 Å². The van der Waals surface area contributed by atoms with Crippen LogP contribution in [-0.2, 0) is 13.0 Å². The standard InChI is InChI=1S/C13H16ClN3O/c1-4-11-15-12(14)9(2)13(16-11)17(3)7-10-5-6-18-8-10/h5-6,8H,4,7H2,1-3H3. The molecule has 0 atom stereocenters. The largest absolute Gasteiger partial charge is 0.472 e. The molecule has 0 saturated carbocycles. The maximum Gasteiger partial charge on any atom is 0.137 e. The molecule has 0 aliphatic heterocycles. The van der Waals surface area contributed by atoms with Crippen LogP contribution in [0.5, 0.6) is 0 Å². The average molecular weight is 266 g/mol. The molecule has 0 radical (unpaired) electrons. The molecule has 0 aliphatic rings. The Bertz CT molecular complexity index is 525. The molecule has 0 fully saturated rings. The van der Waals surface area contributed by atoms with Crippen molar-refractivity contribution in [3.63, 3.8) is 0 Å². The van der Waals surface area contributed by atoms with E-state index in [1.807, 2.05) is 31.9 Å². The van der Waals surface area contributed by atoms with Gasteiger partial charge < -0.3 is 9.32 Å². The van der Waals surface area contributed by atoms with Crippen LogP contribution in [0, 0.1) is 6.92 Å². The molecule has 0 aliphatic carbocycles. The first-order valence-electron chi connectivity index (χ1n) is 5.87. The lowest BCUT2D eigenvalue weighted by atomic mass is 10.2. The highest BCUT2D eigenvalue weighted by Crippen LogP contribution is 2.24. The van der Waals surface area contributed by atoms with Gasteiger partial charge in [-0.25, -0.2) is 9.97 Å². The molecule has 2 aromatic heterocycles. The van der Waals surface area contributed by atoms with Gasteiger partial charge in [-0.2, -0.15) is 0 Å². The van der Waals surface area contributed by atoms with Gasteiger partial charge in [0.25, 0.3) is 0 Å². The van der Waals surface area contributed by atoms with E-state index >= 15 is 0 Å². The number of hydrogen-bond acceptors (Lipinski definition) is 4. The van der Waals surface area contributed by atoms with Crippen molar-refractivity contribution < 1.29 is 4.42 Å². The average Bonchev–Trinajstić information content (AvgIpc) is 2.85. The van der Waals surface area contributed by atoms with Crippen LogP contribution < -0.4 is 4.90 Å². The summed E-state index contributed by atoms with van der Waals surface area (Å²) >= 11 is 6.13. The van der Waals surface area contributed by atoms with E-state index in [4.69, 9.17) is 16.0 Å². The summed E-state index contributed by atoms with van der Waals surface area (Å²) in [4.78, 5) is 10.8. The van der Waals surface area contributed by atoms with Crippen LogP contribution in [-0.4, -0.2) is 17.0 Å². The molecule has 4 nitrogen and oxygen atoms in total. The van der Waals surface area contributed by atoms with Gasteiger partial charge in [0.2, 0.25) is 0 Å². The van der Waals surface area contributed by atoms with Gasteiger partial charge >= 0.3 is 0 Å². The summed E-state index contributed by atoms with van der Waals surface area (Å²) in [7, 11) is 1.98. The van der Waals surface area contributed by atoms with Crippen LogP contribution in [0.4, 0.5) is 5.82 Å². The van der Waals surface area contributed by atoms with E-state index < -0.39 is 0 Å². The number of anilines is 1. The van der Waals surface area contributed by atoms with Gasteiger partial charge in [-0.15, -0.1) is 0 Å². The van der Waals surface area contributed by atoms with Crippen molar-refractivity contribution in [2.24, 2.45) is 0 Å². The predicted molar refractivity (Wildman–Crippen MR) is 72.0 cm³/mol. The van der Waals surface area contributed by atoms with Crippen molar-refractivity contribution in [3.8, 4) is 0 Å². The molecule has 18 heavy (non-hydrogen) atoms. The molecule has 0 saturated heterocycles. The number of halogens is 1. The minimum atomic E-state index is 0.524. The minimum Gasteiger partial charge on any atom is -0.472 e. The molecule has 5 heteroatoms. The highest BCUT2D eigenvalue weighted by molar-refractivity contribution is 6.30. The Morgan fingerprint density at radius 2 is 2.17 bits per heavy atom. The topological polar surface area (TPSA) is 42.2 Å². The summed E-state index contributed by atoms with van der Waals surface area (Å²) in [6, 6.07) is 1.94. The van der Waals surface area contributed by atoms with Crippen LogP contribution in [0.3, 0.4) is 0 Å². The fraction of sp³-hybridized carbons (Fsp3) is 0.385. The molecule has 0 bridgehead atoms. The summed E-state index contributed by atoms with van der Waals surface area (Å²) in [5.74, 6) is 1.63. The number of furan rings is 1. The fourth-order valence-electron chi connectivity index (χ4n) is 1.78. The highest BCUT2D eigenvalue weighted by Gasteiger charge is 2.13. The molecule has 2 aromatic rings. The Kier molecular flexibility index (Phi) is 3.87. The zero-order valence-corrected chi connectivity index (χ0v) is 11.5. The SMILES string of the molecule is CCc1nc(Cl)c(C)c(N(C)Cc2ccoc2)n1. The van der Waals surface area contributed by atoms with E-state index in [1.54, 1.807) is 12.5 Å². The lowest BCUT2D eigenvalue weighted by molar-refractivity contribution is 0.563. The molecule has 0 N–H and O–H groups in total. The van der Waals surface area contributed by atoms with Crippen LogP contribution in [0.1, 0.15) is 23.9 Å². The second-order valence-corrected chi connectivity index (χ2v) is 4.58. The Labute approximate surface area is 112 Å². The van der Waals surface area contributed by atoms with E-state index in [-0.39, 0.29) is 0 Å². The Morgan fingerprint density at radius 3 is 2.78 bits per heavy atom. The van der Waals surface area contributed by atoms with Crippen molar-refractivity contribution in [2.45, 2.75) is 26.8 Å². The fourth-order valence-corrected chi connectivity index (χ4v) is 1.96. The monoisotopic (exact) mass is 265 g/mol. The van der Waals surface area contributed by atoms with E-state index in [2.05, 4.69) is 9.97 Å². The lowest BCUT2D eigenvalue weighted by Gasteiger charge is -2.20. The lowest BCUT2D eigenvalue weighted by Crippen LogP contribution is -2.19. The van der Waals surface area contributed by atoms with E-state index in [1.165, 1.54) is 0 Å². The maximum absolute atomic E-state index is 6.13. The third kappa shape index (κ3) is 2.64. The van der Waals surface area contributed by atoms with Gasteiger partial charge in [0.05, 0.1) is 12.5 Å². The molecule has 0 aromatic carbocycles. The van der Waals surface area contributed by atoms with Gasteiger partial charge in [-0.05, 0) is 13.0 Å². The predicted octanol–water partition coefficient (Wildman–Crippen LogP) is 3.23. The van der Waals surface area contributed by atoms with Gasteiger partial charge in [-0.3, -0.25) is 0 Å². The molecule has 0 spiro atoms. The van der Waals surface area contributed by atoms with Crippen LogP contribution in [0.15, 0.2) is 23.0 Å². The Hall–Kier alpha value is -1.55. The number of aryl methyl sites for hydroxylation is 1. The first kappa shape index (κ1) is 12.9. The third-order valence-corrected chi connectivity index (χ3v) is 3.15. The zero-order valence-electron chi connectivity index (χ0n) is 10.8. The van der Waals surface area contributed by atoms with Crippen molar-refractivity contribution in [1.29, 1.82) is 0 Å². The van der Waals surface area contributed by atoms with Crippen LogP contribution >= 0.6 is 11.6 Å². The molecule has 96 valence electrons. The molecular formula is C13H16ClN3O. The summed E-state index contributed by atoms with van der Waals surface area (Å²) in [6.45, 7) is 4.68. The smallest absolute Gasteiger partial charge is 0.137 e. The molecular weight excluding hydrogens is 250 g/mol. The number of rotatable bonds is 4. The molecule has 2 heterocycles. The second kappa shape index (κ2) is 5.40.